The van der Waals surface area contributed by atoms with E-state index in [1.807, 2.05) is 6.07 Å². The molecular formula is C6H9N3O2S. The molecule has 1 saturated heterocycles. The highest BCUT2D eigenvalue weighted by Crippen LogP contribution is 2.24. The molecule has 1 aliphatic heterocycles. The second-order valence-electron chi connectivity index (χ2n) is 2.49. The summed E-state index contributed by atoms with van der Waals surface area (Å²) in [6.07, 6.45) is -0.783. The van der Waals surface area contributed by atoms with Gasteiger partial charge in [-0.2, -0.15) is 5.26 Å². The number of thioether (sulfide) groups is 1. The molecule has 0 bridgehead atoms. The molecule has 0 aromatic carbocycles. The lowest BCUT2D eigenvalue weighted by molar-refractivity contribution is 0.145. The van der Waals surface area contributed by atoms with Crippen LogP contribution in [-0.2, 0) is 0 Å². The lowest BCUT2D eigenvalue weighted by Gasteiger charge is -2.16. The molecule has 1 fully saturated rings. The Morgan fingerprint density at radius 1 is 1.92 bits per heavy atom. The number of aliphatic hydroxyl groups is 1. The predicted molar refractivity (Wildman–Crippen MR) is 44.1 cm³/mol. The van der Waals surface area contributed by atoms with E-state index in [4.69, 9.17) is 11.0 Å². The zero-order chi connectivity index (χ0) is 9.14. The third-order valence-electron chi connectivity index (χ3n) is 1.57. The van der Waals surface area contributed by atoms with Crippen LogP contribution < -0.4 is 11.1 Å². The number of nitrogens with two attached hydrogens (primary N) is 1. The van der Waals surface area contributed by atoms with Crippen LogP contribution in [0, 0.1) is 11.3 Å². The van der Waals surface area contributed by atoms with Gasteiger partial charge in [0.15, 0.2) is 0 Å². The summed E-state index contributed by atoms with van der Waals surface area (Å²) < 4.78 is 0. The van der Waals surface area contributed by atoms with Crippen LogP contribution >= 0.6 is 11.8 Å². The van der Waals surface area contributed by atoms with Crippen molar-refractivity contribution in [3.05, 3.63) is 0 Å². The number of hydrogen-bond donors (Lipinski definition) is 3. The van der Waals surface area contributed by atoms with Gasteiger partial charge in [0.2, 0.25) is 0 Å². The Labute approximate surface area is 73.9 Å². The standard InChI is InChI=1S/C6H9N3O2S/c7-2-1-3(8)4-5(10)9-6(11)12-4/h3-5,10H,1,8H2,(H,9,11). The maximum absolute atomic E-state index is 10.7. The summed E-state index contributed by atoms with van der Waals surface area (Å²) in [4.78, 5) is 10.7. The molecule has 5 nitrogen and oxygen atoms in total. The highest BCUT2D eigenvalue weighted by atomic mass is 32.2. The molecule has 3 atom stereocenters. The molecule has 1 amide bonds. The number of nitriles is 1. The number of hydrogen-bond acceptors (Lipinski definition) is 5. The van der Waals surface area contributed by atoms with Crippen molar-refractivity contribution in [2.75, 3.05) is 0 Å². The zero-order valence-corrected chi connectivity index (χ0v) is 7.04. The second kappa shape index (κ2) is 3.76. The Bertz CT molecular complexity index is 227. The van der Waals surface area contributed by atoms with Crippen LogP contribution in [0.25, 0.3) is 0 Å². The van der Waals surface area contributed by atoms with Crippen LogP contribution in [0.4, 0.5) is 4.79 Å². The van der Waals surface area contributed by atoms with Crippen LogP contribution in [0.5, 0.6) is 0 Å². The molecule has 1 heterocycles. The van der Waals surface area contributed by atoms with Crippen molar-refractivity contribution in [1.29, 1.82) is 5.26 Å². The highest BCUT2D eigenvalue weighted by Gasteiger charge is 2.35. The Balaban J connectivity index is 2.52. The highest BCUT2D eigenvalue weighted by molar-refractivity contribution is 8.14. The Morgan fingerprint density at radius 3 is 3.00 bits per heavy atom. The van der Waals surface area contributed by atoms with Gasteiger partial charge < -0.3 is 16.2 Å². The van der Waals surface area contributed by atoms with Gasteiger partial charge in [-0.15, -0.1) is 0 Å². The van der Waals surface area contributed by atoms with Gasteiger partial charge in [0, 0.05) is 6.04 Å². The third-order valence-corrected chi connectivity index (χ3v) is 2.78. The third kappa shape index (κ3) is 1.88. The van der Waals surface area contributed by atoms with Crippen molar-refractivity contribution in [1.82, 2.24) is 5.32 Å². The van der Waals surface area contributed by atoms with Crippen LogP contribution in [0.2, 0.25) is 0 Å². The molecule has 0 aromatic rings. The van der Waals surface area contributed by atoms with Gasteiger partial charge in [-0.1, -0.05) is 11.8 Å². The average Bonchev–Trinajstić information content (AvgIpc) is 2.30. The number of amides is 1. The predicted octanol–water partition coefficient (Wildman–Crippen LogP) is -0.629. The Kier molecular flexibility index (Phi) is 2.92. The molecular weight excluding hydrogens is 178 g/mol. The van der Waals surface area contributed by atoms with Gasteiger partial charge >= 0.3 is 0 Å². The molecule has 66 valence electrons. The summed E-state index contributed by atoms with van der Waals surface area (Å²) >= 11 is 0.946. The summed E-state index contributed by atoms with van der Waals surface area (Å²) in [5, 5.41) is 19.1. The van der Waals surface area contributed by atoms with Crippen LogP contribution in [0.3, 0.4) is 0 Å². The summed E-state index contributed by atoms with van der Waals surface area (Å²) in [5.74, 6) is 0. The summed E-state index contributed by atoms with van der Waals surface area (Å²) in [6.45, 7) is 0. The van der Waals surface area contributed by atoms with Gasteiger partial charge in [-0.05, 0) is 0 Å². The first-order valence-corrected chi connectivity index (χ1v) is 4.31. The molecule has 0 aromatic heterocycles. The second-order valence-corrected chi connectivity index (χ2v) is 3.64. The van der Waals surface area contributed by atoms with Crippen molar-refractivity contribution in [3.63, 3.8) is 0 Å². The summed E-state index contributed by atoms with van der Waals surface area (Å²) in [5.41, 5.74) is 5.55. The molecule has 3 unspecified atom stereocenters. The van der Waals surface area contributed by atoms with Crippen LogP contribution in [-0.4, -0.2) is 27.9 Å². The zero-order valence-electron chi connectivity index (χ0n) is 6.23. The van der Waals surface area contributed by atoms with Gasteiger partial charge in [-0.25, -0.2) is 0 Å². The fourth-order valence-corrected chi connectivity index (χ4v) is 1.87. The number of nitrogens with zero attached hydrogens (tertiary/aromatic N) is 1. The number of rotatable bonds is 2. The fourth-order valence-electron chi connectivity index (χ4n) is 0.968. The minimum Gasteiger partial charge on any atom is -0.372 e. The molecule has 6 heteroatoms. The topological polar surface area (TPSA) is 99.1 Å². The first-order valence-electron chi connectivity index (χ1n) is 3.43. The largest absolute Gasteiger partial charge is 0.372 e. The molecule has 4 N–H and O–H groups in total. The van der Waals surface area contributed by atoms with E-state index in [0.29, 0.717) is 0 Å². The van der Waals surface area contributed by atoms with E-state index in [9.17, 15) is 9.90 Å². The maximum atomic E-state index is 10.7. The Morgan fingerprint density at radius 2 is 2.58 bits per heavy atom. The van der Waals surface area contributed by atoms with Gasteiger partial charge in [0.25, 0.3) is 5.24 Å². The van der Waals surface area contributed by atoms with Crippen molar-refractivity contribution >= 4 is 17.0 Å². The molecule has 0 saturated carbocycles. The number of aliphatic hydroxyl groups excluding tert-OH is 1. The molecule has 12 heavy (non-hydrogen) atoms. The van der Waals surface area contributed by atoms with E-state index < -0.39 is 17.5 Å². The minimum absolute atomic E-state index is 0.143. The van der Waals surface area contributed by atoms with E-state index in [2.05, 4.69) is 5.32 Å². The lowest BCUT2D eigenvalue weighted by Crippen LogP contribution is -2.42. The average molecular weight is 187 g/mol. The number of nitrogens with one attached hydrogen (secondary N) is 1. The summed E-state index contributed by atoms with van der Waals surface area (Å²) in [6, 6.07) is 1.43. The van der Waals surface area contributed by atoms with Crippen LogP contribution in [0.1, 0.15) is 6.42 Å². The minimum atomic E-state index is -0.925. The molecule has 0 spiro atoms. The number of carbonyl (C=O) groups excluding carboxylic acids is 1. The van der Waals surface area contributed by atoms with E-state index in [-0.39, 0.29) is 11.7 Å². The van der Waals surface area contributed by atoms with E-state index in [1.54, 1.807) is 0 Å². The van der Waals surface area contributed by atoms with Gasteiger partial charge in [0.1, 0.15) is 6.23 Å². The van der Waals surface area contributed by atoms with E-state index >= 15 is 0 Å². The van der Waals surface area contributed by atoms with E-state index in [0.717, 1.165) is 11.8 Å². The molecule has 1 rings (SSSR count). The molecule has 1 aliphatic rings. The fraction of sp³-hybridized carbons (Fsp3) is 0.667. The molecule has 0 radical (unpaired) electrons. The maximum Gasteiger partial charge on any atom is 0.281 e. The smallest absolute Gasteiger partial charge is 0.281 e. The van der Waals surface area contributed by atoms with E-state index in [1.165, 1.54) is 0 Å². The van der Waals surface area contributed by atoms with Crippen molar-refractivity contribution in [3.8, 4) is 6.07 Å². The lowest BCUT2D eigenvalue weighted by atomic mass is 10.1. The van der Waals surface area contributed by atoms with Crippen molar-refractivity contribution in [2.45, 2.75) is 23.9 Å². The monoisotopic (exact) mass is 187 g/mol. The SMILES string of the molecule is N#CCC(N)C1SC(=O)NC1O. The van der Waals surface area contributed by atoms with Crippen molar-refractivity contribution < 1.29 is 9.90 Å². The van der Waals surface area contributed by atoms with Gasteiger partial charge in [-0.3, -0.25) is 4.79 Å². The normalized spacial score (nSPS) is 30.9. The first-order chi connectivity index (χ1) is 5.65. The number of carbonyl (C=O) groups is 1. The molecule has 0 aliphatic carbocycles. The van der Waals surface area contributed by atoms with Crippen LogP contribution in [0.15, 0.2) is 0 Å². The van der Waals surface area contributed by atoms with Crippen molar-refractivity contribution in [2.24, 2.45) is 5.73 Å². The Hall–Kier alpha value is -0.770. The first kappa shape index (κ1) is 9.32. The quantitative estimate of drug-likeness (QED) is 0.534. The summed E-state index contributed by atoms with van der Waals surface area (Å²) in [7, 11) is 0. The van der Waals surface area contributed by atoms with Gasteiger partial charge in [0.05, 0.1) is 17.7 Å².